The van der Waals surface area contributed by atoms with E-state index in [4.69, 9.17) is 4.74 Å². The molecule has 10 heteroatoms. The first-order chi connectivity index (χ1) is 17.5. The van der Waals surface area contributed by atoms with Gasteiger partial charge in [-0.25, -0.2) is 4.68 Å². The van der Waals surface area contributed by atoms with Crippen molar-refractivity contribution < 1.29 is 19.1 Å². The Kier molecular flexibility index (Phi) is 5.73. The van der Waals surface area contributed by atoms with E-state index in [9.17, 15) is 14.4 Å². The second-order valence-electron chi connectivity index (χ2n) is 9.47. The minimum Gasteiger partial charge on any atom is -0.489 e. The average Bonchev–Trinajstić information content (AvgIpc) is 3.60. The van der Waals surface area contributed by atoms with E-state index >= 15 is 0 Å². The van der Waals surface area contributed by atoms with E-state index in [-0.39, 0.29) is 24.3 Å². The van der Waals surface area contributed by atoms with Gasteiger partial charge >= 0.3 is 0 Å². The summed E-state index contributed by atoms with van der Waals surface area (Å²) in [6, 6.07) is 14.8. The first kappa shape index (κ1) is 22.4. The molecule has 10 nitrogen and oxygen atoms in total. The molecule has 0 aliphatic carbocycles. The predicted molar refractivity (Wildman–Crippen MR) is 128 cm³/mol. The van der Waals surface area contributed by atoms with Gasteiger partial charge in [0, 0.05) is 38.2 Å². The van der Waals surface area contributed by atoms with Gasteiger partial charge in [-0.2, -0.15) is 0 Å². The van der Waals surface area contributed by atoms with Crippen LogP contribution in [0.25, 0.3) is 5.69 Å². The summed E-state index contributed by atoms with van der Waals surface area (Å²) < 4.78 is 8.04. The maximum atomic E-state index is 12.9. The summed E-state index contributed by atoms with van der Waals surface area (Å²) in [7, 11) is 0. The molecule has 1 aromatic heterocycles. The zero-order valence-electron chi connectivity index (χ0n) is 19.7. The standard InChI is InChI=1S/C26H26N6O4/c33-24-9-8-23(25(34)27-24)31-13-17-12-20(6-7-22(17)26(31)35)36-21-10-11-30(16-21)14-18-15-32(29-28-18)19-4-2-1-3-5-19/h1-7,12,15,21,23H,8-11,13-14,16H2,(H,27,33,34)/t21-,23?/m0/s1. The molecule has 36 heavy (non-hydrogen) atoms. The molecule has 6 rings (SSSR count). The van der Waals surface area contributed by atoms with Crippen molar-refractivity contribution in [3.63, 3.8) is 0 Å². The lowest BCUT2D eigenvalue weighted by molar-refractivity contribution is -0.136. The van der Waals surface area contributed by atoms with Crippen LogP contribution in [0.3, 0.4) is 0 Å². The van der Waals surface area contributed by atoms with Crippen molar-refractivity contribution in [1.29, 1.82) is 0 Å². The molecule has 2 aromatic carbocycles. The van der Waals surface area contributed by atoms with Crippen molar-refractivity contribution in [3.8, 4) is 11.4 Å². The number of nitrogens with zero attached hydrogens (tertiary/aromatic N) is 5. The summed E-state index contributed by atoms with van der Waals surface area (Å²) in [6.45, 7) is 2.71. The van der Waals surface area contributed by atoms with Crippen LogP contribution >= 0.6 is 0 Å². The van der Waals surface area contributed by atoms with Gasteiger partial charge in [0.25, 0.3) is 5.91 Å². The molecule has 2 fully saturated rings. The Bertz CT molecular complexity index is 1320. The molecule has 184 valence electrons. The van der Waals surface area contributed by atoms with Gasteiger partial charge in [0.1, 0.15) is 17.9 Å². The van der Waals surface area contributed by atoms with Crippen molar-refractivity contribution in [1.82, 2.24) is 30.1 Å². The number of ether oxygens (including phenoxy) is 1. The van der Waals surface area contributed by atoms with Gasteiger partial charge in [0.05, 0.1) is 17.6 Å². The summed E-state index contributed by atoms with van der Waals surface area (Å²) in [5, 5.41) is 10.9. The topological polar surface area (TPSA) is 110 Å². The van der Waals surface area contributed by atoms with E-state index in [1.54, 1.807) is 15.6 Å². The van der Waals surface area contributed by atoms with E-state index in [1.807, 2.05) is 48.7 Å². The molecule has 3 aromatic rings. The zero-order chi connectivity index (χ0) is 24.6. The van der Waals surface area contributed by atoms with E-state index in [0.29, 0.717) is 30.8 Å². The Morgan fingerprint density at radius 1 is 1.06 bits per heavy atom. The van der Waals surface area contributed by atoms with Crippen LogP contribution in [0.4, 0.5) is 0 Å². The van der Waals surface area contributed by atoms with E-state index < -0.39 is 11.9 Å². The molecular weight excluding hydrogens is 460 g/mol. The highest BCUT2D eigenvalue weighted by atomic mass is 16.5. The number of likely N-dealkylation sites (tertiary alicyclic amines) is 1. The smallest absolute Gasteiger partial charge is 0.255 e. The molecule has 3 aliphatic heterocycles. The first-order valence-electron chi connectivity index (χ1n) is 12.2. The Morgan fingerprint density at radius 2 is 1.92 bits per heavy atom. The van der Waals surface area contributed by atoms with Crippen molar-refractivity contribution in [2.24, 2.45) is 0 Å². The minimum absolute atomic E-state index is 0.0376. The summed E-state index contributed by atoms with van der Waals surface area (Å²) in [6.07, 6.45) is 3.48. The van der Waals surface area contributed by atoms with Gasteiger partial charge in [-0.1, -0.05) is 23.4 Å². The van der Waals surface area contributed by atoms with Gasteiger partial charge in [-0.3, -0.25) is 24.6 Å². The lowest BCUT2D eigenvalue weighted by atomic mass is 10.0. The fraction of sp³-hybridized carbons (Fsp3) is 0.346. The number of benzene rings is 2. The highest BCUT2D eigenvalue weighted by Gasteiger charge is 2.39. The SMILES string of the molecule is O=C1CCC(N2Cc3cc(O[C@H]4CCN(Cc5cn(-c6ccccc6)nn5)C4)ccc3C2=O)C(=O)N1. The van der Waals surface area contributed by atoms with E-state index in [0.717, 1.165) is 36.5 Å². The third-order valence-electron chi connectivity index (χ3n) is 6.97. The van der Waals surface area contributed by atoms with Crippen molar-refractivity contribution in [2.45, 2.75) is 44.5 Å². The van der Waals surface area contributed by atoms with Crippen LogP contribution < -0.4 is 10.1 Å². The normalized spacial score (nSPS) is 22.1. The number of fused-ring (bicyclic) bond motifs is 1. The number of nitrogens with one attached hydrogen (secondary N) is 1. The zero-order valence-corrected chi connectivity index (χ0v) is 19.7. The molecule has 0 saturated carbocycles. The van der Waals surface area contributed by atoms with Gasteiger partial charge in [0.2, 0.25) is 11.8 Å². The molecule has 3 amide bonds. The fourth-order valence-electron chi connectivity index (χ4n) is 5.16. The fourth-order valence-corrected chi connectivity index (χ4v) is 5.16. The second-order valence-corrected chi connectivity index (χ2v) is 9.47. The van der Waals surface area contributed by atoms with Crippen LogP contribution in [-0.4, -0.2) is 67.8 Å². The largest absolute Gasteiger partial charge is 0.489 e. The Hall–Kier alpha value is -4.05. The van der Waals surface area contributed by atoms with Crippen molar-refractivity contribution in [2.75, 3.05) is 13.1 Å². The summed E-state index contributed by atoms with van der Waals surface area (Å²) in [5.41, 5.74) is 3.31. The number of amides is 3. The predicted octanol–water partition coefficient (Wildman–Crippen LogP) is 1.68. The summed E-state index contributed by atoms with van der Waals surface area (Å²) in [4.78, 5) is 40.5. The number of rotatable bonds is 6. The van der Waals surface area contributed by atoms with Gasteiger partial charge in [0.15, 0.2) is 0 Å². The van der Waals surface area contributed by atoms with E-state index in [2.05, 4.69) is 20.5 Å². The van der Waals surface area contributed by atoms with Crippen molar-refractivity contribution in [3.05, 3.63) is 71.5 Å². The van der Waals surface area contributed by atoms with E-state index in [1.165, 1.54) is 0 Å². The van der Waals surface area contributed by atoms with Crippen LogP contribution in [0.15, 0.2) is 54.7 Å². The number of piperidine rings is 1. The van der Waals surface area contributed by atoms with Gasteiger partial charge in [-0.05, 0) is 48.7 Å². The quantitative estimate of drug-likeness (QED) is 0.528. The average molecular weight is 487 g/mol. The lowest BCUT2D eigenvalue weighted by Gasteiger charge is -2.29. The number of hydrogen-bond donors (Lipinski definition) is 1. The van der Waals surface area contributed by atoms with Gasteiger partial charge < -0.3 is 9.64 Å². The number of para-hydroxylation sites is 1. The summed E-state index contributed by atoms with van der Waals surface area (Å²) in [5.74, 6) is -0.156. The molecule has 0 bridgehead atoms. The maximum absolute atomic E-state index is 12.9. The third-order valence-corrected chi connectivity index (χ3v) is 6.97. The molecule has 2 atom stereocenters. The molecule has 0 radical (unpaired) electrons. The Balaban J connectivity index is 1.06. The monoisotopic (exact) mass is 486 g/mol. The third kappa shape index (κ3) is 4.35. The van der Waals surface area contributed by atoms with Gasteiger partial charge in [-0.15, -0.1) is 5.10 Å². The number of aromatic nitrogens is 3. The lowest BCUT2D eigenvalue weighted by Crippen LogP contribution is -2.52. The molecule has 3 aliphatic rings. The van der Waals surface area contributed by atoms with Crippen LogP contribution in [0.2, 0.25) is 0 Å². The molecular formula is C26H26N6O4. The van der Waals surface area contributed by atoms with Crippen LogP contribution in [0, 0.1) is 0 Å². The summed E-state index contributed by atoms with van der Waals surface area (Å²) >= 11 is 0. The van der Waals surface area contributed by atoms with Crippen molar-refractivity contribution >= 4 is 17.7 Å². The molecule has 1 N–H and O–H groups in total. The minimum atomic E-state index is -0.616. The van der Waals surface area contributed by atoms with Crippen LogP contribution in [0.1, 0.15) is 40.9 Å². The first-order valence-corrected chi connectivity index (χ1v) is 12.2. The molecule has 4 heterocycles. The molecule has 2 saturated heterocycles. The second kappa shape index (κ2) is 9.19. The molecule has 1 unspecified atom stereocenters. The number of hydrogen-bond acceptors (Lipinski definition) is 7. The highest BCUT2D eigenvalue weighted by Crippen LogP contribution is 2.31. The highest BCUT2D eigenvalue weighted by molar-refractivity contribution is 6.05. The maximum Gasteiger partial charge on any atom is 0.255 e. The Morgan fingerprint density at radius 3 is 2.75 bits per heavy atom. The Labute approximate surface area is 207 Å². The number of imide groups is 1. The number of carbonyl (C=O) groups excluding carboxylic acids is 3. The molecule has 0 spiro atoms. The van der Waals surface area contributed by atoms with Crippen LogP contribution in [-0.2, 0) is 22.7 Å². The van der Waals surface area contributed by atoms with Crippen LogP contribution in [0.5, 0.6) is 5.75 Å². The number of carbonyl (C=O) groups is 3.